The van der Waals surface area contributed by atoms with E-state index in [4.69, 9.17) is 5.73 Å². The predicted octanol–water partition coefficient (Wildman–Crippen LogP) is 2.64. The van der Waals surface area contributed by atoms with Crippen molar-refractivity contribution in [2.75, 3.05) is 0 Å². The number of benzene rings is 1. The van der Waals surface area contributed by atoms with Gasteiger partial charge in [0.05, 0.1) is 5.69 Å². The Hall–Kier alpha value is -2.62. The Bertz CT molecular complexity index is 774. The van der Waals surface area contributed by atoms with E-state index in [0.717, 1.165) is 27.7 Å². The van der Waals surface area contributed by atoms with E-state index in [2.05, 4.69) is 9.97 Å². The minimum absolute atomic E-state index is 0.427. The Balaban J connectivity index is 2.20. The topological polar surface area (TPSA) is 71.8 Å². The lowest BCUT2D eigenvalue weighted by Crippen LogP contribution is -2.13. The van der Waals surface area contributed by atoms with Crippen LogP contribution in [0.25, 0.3) is 22.2 Å². The first-order valence-electron chi connectivity index (χ1n) is 6.00. The van der Waals surface area contributed by atoms with Crippen molar-refractivity contribution in [1.82, 2.24) is 9.97 Å². The van der Waals surface area contributed by atoms with E-state index in [0.29, 0.717) is 5.56 Å². The van der Waals surface area contributed by atoms with E-state index in [-0.39, 0.29) is 0 Å². The standard InChI is InChI=1S/C15H13N3O/c1-9-12(15(16)19)5-7-18-14(9)11-2-3-13-10(8-11)4-6-17-13/h2-8,17H,1H3,(H2,16,19). The number of carbonyl (C=O) groups is 1. The number of primary amides is 1. The second kappa shape index (κ2) is 4.24. The van der Waals surface area contributed by atoms with Gasteiger partial charge in [0.25, 0.3) is 0 Å². The van der Waals surface area contributed by atoms with Crippen molar-refractivity contribution in [2.45, 2.75) is 6.92 Å². The number of H-pyrrole nitrogens is 1. The van der Waals surface area contributed by atoms with Gasteiger partial charge in [-0.15, -0.1) is 0 Å². The highest BCUT2D eigenvalue weighted by atomic mass is 16.1. The lowest BCUT2D eigenvalue weighted by Gasteiger charge is -2.08. The molecule has 0 aliphatic heterocycles. The van der Waals surface area contributed by atoms with Gasteiger partial charge in [0.2, 0.25) is 5.91 Å². The molecule has 0 radical (unpaired) electrons. The first-order valence-corrected chi connectivity index (χ1v) is 6.00. The molecule has 19 heavy (non-hydrogen) atoms. The van der Waals surface area contributed by atoms with Gasteiger partial charge in [0, 0.05) is 34.4 Å². The number of amides is 1. The van der Waals surface area contributed by atoms with Gasteiger partial charge in [-0.25, -0.2) is 0 Å². The van der Waals surface area contributed by atoms with Crippen LogP contribution in [0.2, 0.25) is 0 Å². The predicted molar refractivity (Wildman–Crippen MR) is 74.8 cm³/mol. The first-order chi connectivity index (χ1) is 9.16. The monoisotopic (exact) mass is 251 g/mol. The zero-order chi connectivity index (χ0) is 13.4. The first kappa shape index (κ1) is 11.5. The van der Waals surface area contributed by atoms with Crippen LogP contribution in [0.3, 0.4) is 0 Å². The highest BCUT2D eigenvalue weighted by Gasteiger charge is 2.11. The van der Waals surface area contributed by atoms with Gasteiger partial charge in [-0.3, -0.25) is 9.78 Å². The highest BCUT2D eigenvalue weighted by molar-refractivity contribution is 5.96. The molecule has 0 spiro atoms. The van der Waals surface area contributed by atoms with Crippen LogP contribution in [0, 0.1) is 6.92 Å². The number of pyridine rings is 1. The van der Waals surface area contributed by atoms with Gasteiger partial charge in [0.1, 0.15) is 0 Å². The molecule has 94 valence electrons. The molecule has 3 rings (SSSR count). The molecule has 0 aliphatic rings. The van der Waals surface area contributed by atoms with Crippen molar-refractivity contribution in [2.24, 2.45) is 5.73 Å². The number of hydrogen-bond donors (Lipinski definition) is 2. The Morgan fingerprint density at radius 1 is 1.26 bits per heavy atom. The van der Waals surface area contributed by atoms with E-state index < -0.39 is 5.91 Å². The maximum atomic E-state index is 11.4. The van der Waals surface area contributed by atoms with Crippen LogP contribution in [-0.4, -0.2) is 15.9 Å². The summed E-state index contributed by atoms with van der Waals surface area (Å²) in [5, 5.41) is 1.11. The number of nitrogens with two attached hydrogens (primary N) is 1. The van der Waals surface area contributed by atoms with Gasteiger partial charge in [0.15, 0.2) is 0 Å². The average Bonchev–Trinajstić information content (AvgIpc) is 2.85. The number of aromatic nitrogens is 2. The molecule has 3 N–H and O–H groups in total. The van der Waals surface area contributed by atoms with Crippen LogP contribution in [-0.2, 0) is 0 Å². The zero-order valence-corrected chi connectivity index (χ0v) is 10.5. The van der Waals surface area contributed by atoms with E-state index in [1.165, 1.54) is 0 Å². The van der Waals surface area contributed by atoms with Crippen molar-refractivity contribution in [3.63, 3.8) is 0 Å². The van der Waals surface area contributed by atoms with Crippen molar-refractivity contribution in [3.8, 4) is 11.3 Å². The Morgan fingerprint density at radius 2 is 2.11 bits per heavy atom. The van der Waals surface area contributed by atoms with E-state index in [1.807, 2.05) is 37.4 Å². The average molecular weight is 251 g/mol. The van der Waals surface area contributed by atoms with Crippen LogP contribution >= 0.6 is 0 Å². The molecule has 0 aliphatic carbocycles. The maximum Gasteiger partial charge on any atom is 0.249 e. The fourth-order valence-corrected chi connectivity index (χ4v) is 2.29. The molecule has 1 amide bonds. The van der Waals surface area contributed by atoms with Crippen LogP contribution in [0.1, 0.15) is 15.9 Å². The third kappa shape index (κ3) is 1.87. The normalized spacial score (nSPS) is 10.8. The Morgan fingerprint density at radius 3 is 2.89 bits per heavy atom. The third-order valence-electron chi connectivity index (χ3n) is 3.30. The smallest absolute Gasteiger partial charge is 0.249 e. The Labute approximate surface area is 110 Å². The summed E-state index contributed by atoms with van der Waals surface area (Å²) in [7, 11) is 0. The van der Waals surface area contributed by atoms with Crippen LogP contribution in [0.4, 0.5) is 0 Å². The summed E-state index contributed by atoms with van der Waals surface area (Å²) in [5.74, 6) is -0.427. The number of nitrogens with zero attached hydrogens (tertiary/aromatic N) is 1. The lowest BCUT2D eigenvalue weighted by molar-refractivity contribution is 0.0999. The number of fused-ring (bicyclic) bond motifs is 1. The number of rotatable bonds is 2. The summed E-state index contributed by atoms with van der Waals surface area (Å²) < 4.78 is 0. The molecule has 0 bridgehead atoms. The summed E-state index contributed by atoms with van der Waals surface area (Å²) in [6.07, 6.45) is 3.51. The number of carbonyl (C=O) groups excluding carboxylic acids is 1. The molecule has 0 saturated heterocycles. The summed E-state index contributed by atoms with van der Waals surface area (Å²) >= 11 is 0. The van der Waals surface area contributed by atoms with E-state index in [9.17, 15) is 4.79 Å². The second-order valence-electron chi connectivity index (χ2n) is 4.48. The van der Waals surface area contributed by atoms with Crippen molar-refractivity contribution in [3.05, 3.63) is 53.9 Å². The molecule has 0 atom stereocenters. The molecule has 1 aromatic carbocycles. The van der Waals surface area contributed by atoms with Crippen molar-refractivity contribution in [1.29, 1.82) is 0 Å². The summed E-state index contributed by atoms with van der Waals surface area (Å²) in [6, 6.07) is 9.69. The molecule has 4 nitrogen and oxygen atoms in total. The number of hydrogen-bond acceptors (Lipinski definition) is 2. The quantitative estimate of drug-likeness (QED) is 0.735. The van der Waals surface area contributed by atoms with E-state index >= 15 is 0 Å². The maximum absolute atomic E-state index is 11.4. The van der Waals surface area contributed by atoms with Crippen LogP contribution < -0.4 is 5.73 Å². The molecule has 4 heteroatoms. The summed E-state index contributed by atoms with van der Waals surface area (Å²) in [6.45, 7) is 1.86. The van der Waals surface area contributed by atoms with Gasteiger partial charge in [-0.05, 0) is 36.8 Å². The summed E-state index contributed by atoms with van der Waals surface area (Å²) in [4.78, 5) is 18.9. The lowest BCUT2D eigenvalue weighted by atomic mass is 10.0. The third-order valence-corrected chi connectivity index (χ3v) is 3.30. The molecule has 0 unspecified atom stereocenters. The van der Waals surface area contributed by atoms with Crippen LogP contribution in [0.15, 0.2) is 42.7 Å². The summed E-state index contributed by atoms with van der Waals surface area (Å²) in [5.41, 5.74) is 9.53. The van der Waals surface area contributed by atoms with Crippen molar-refractivity contribution >= 4 is 16.8 Å². The fraction of sp³-hybridized carbons (Fsp3) is 0.0667. The second-order valence-corrected chi connectivity index (χ2v) is 4.48. The molecular weight excluding hydrogens is 238 g/mol. The molecule has 0 fully saturated rings. The molecule has 2 heterocycles. The minimum atomic E-state index is -0.427. The highest BCUT2D eigenvalue weighted by Crippen LogP contribution is 2.26. The van der Waals surface area contributed by atoms with Gasteiger partial charge in [-0.2, -0.15) is 0 Å². The largest absolute Gasteiger partial charge is 0.366 e. The molecule has 0 saturated carbocycles. The minimum Gasteiger partial charge on any atom is -0.366 e. The molecule has 2 aromatic heterocycles. The number of aromatic amines is 1. The zero-order valence-electron chi connectivity index (χ0n) is 10.5. The van der Waals surface area contributed by atoms with Gasteiger partial charge < -0.3 is 10.7 Å². The Kier molecular flexibility index (Phi) is 2.56. The molecule has 3 aromatic rings. The van der Waals surface area contributed by atoms with E-state index in [1.54, 1.807) is 12.3 Å². The SMILES string of the molecule is Cc1c(C(N)=O)ccnc1-c1ccc2[nH]ccc2c1. The van der Waals surface area contributed by atoms with Crippen molar-refractivity contribution < 1.29 is 4.79 Å². The fourth-order valence-electron chi connectivity index (χ4n) is 2.29. The van der Waals surface area contributed by atoms with Gasteiger partial charge in [-0.1, -0.05) is 6.07 Å². The van der Waals surface area contributed by atoms with Crippen LogP contribution in [0.5, 0.6) is 0 Å². The molecular formula is C15H13N3O. The number of nitrogens with one attached hydrogen (secondary N) is 1. The van der Waals surface area contributed by atoms with Gasteiger partial charge >= 0.3 is 0 Å².